The van der Waals surface area contributed by atoms with Crippen LogP contribution in [0, 0.1) is 0 Å². The molecule has 2 aromatic carbocycles. The maximum Gasteiger partial charge on any atom is 0.220 e. The molecule has 0 aliphatic rings. The number of ether oxygens (including phenoxy) is 1. The molecule has 1 atom stereocenters. The smallest absolute Gasteiger partial charge is 0.220 e. The van der Waals surface area contributed by atoms with E-state index in [1.165, 1.54) is 5.39 Å². The van der Waals surface area contributed by atoms with E-state index < -0.39 is 0 Å². The van der Waals surface area contributed by atoms with Gasteiger partial charge < -0.3 is 15.0 Å². The highest BCUT2D eigenvalue weighted by Crippen LogP contribution is 2.20. The summed E-state index contributed by atoms with van der Waals surface area (Å²) in [4.78, 5) is 20.1. The standard InChI is InChI=1S/C25H25N3O2/c1-18(23-13-12-21(16-27-23)30-17-19-7-3-2-4-8-19)28-25(29)14-11-20-15-26-24-10-6-5-9-22(20)24/h2-10,12-13,15-16,18,26H,11,14,17H2,1H3,(H,28,29)/t18-/m1/s1. The van der Waals surface area contributed by atoms with Gasteiger partial charge in [-0.05, 0) is 42.7 Å². The third kappa shape index (κ3) is 4.87. The summed E-state index contributed by atoms with van der Waals surface area (Å²) < 4.78 is 5.77. The molecule has 152 valence electrons. The van der Waals surface area contributed by atoms with Gasteiger partial charge in [0.2, 0.25) is 5.91 Å². The molecular formula is C25H25N3O2. The van der Waals surface area contributed by atoms with Crippen LogP contribution < -0.4 is 10.1 Å². The summed E-state index contributed by atoms with van der Waals surface area (Å²) >= 11 is 0. The second-order valence-electron chi connectivity index (χ2n) is 7.34. The molecule has 0 spiro atoms. The van der Waals surface area contributed by atoms with E-state index in [0.717, 1.165) is 22.3 Å². The molecule has 2 heterocycles. The molecule has 0 fully saturated rings. The first kappa shape index (κ1) is 19.7. The van der Waals surface area contributed by atoms with Crippen molar-refractivity contribution >= 4 is 16.8 Å². The van der Waals surface area contributed by atoms with Gasteiger partial charge in [-0.3, -0.25) is 9.78 Å². The molecule has 0 saturated heterocycles. The minimum atomic E-state index is -0.163. The minimum Gasteiger partial charge on any atom is -0.487 e. The van der Waals surface area contributed by atoms with Crippen LogP contribution in [-0.2, 0) is 17.8 Å². The second-order valence-corrected chi connectivity index (χ2v) is 7.34. The fourth-order valence-corrected chi connectivity index (χ4v) is 3.45. The molecule has 5 heteroatoms. The Labute approximate surface area is 176 Å². The lowest BCUT2D eigenvalue weighted by Crippen LogP contribution is -2.27. The van der Waals surface area contributed by atoms with Gasteiger partial charge in [0.05, 0.1) is 17.9 Å². The van der Waals surface area contributed by atoms with E-state index in [4.69, 9.17) is 4.74 Å². The molecule has 5 nitrogen and oxygen atoms in total. The molecule has 0 unspecified atom stereocenters. The predicted molar refractivity (Wildman–Crippen MR) is 118 cm³/mol. The van der Waals surface area contributed by atoms with Crippen molar-refractivity contribution in [2.24, 2.45) is 0 Å². The van der Waals surface area contributed by atoms with E-state index >= 15 is 0 Å². The molecule has 0 saturated carbocycles. The number of aromatic nitrogens is 2. The number of H-pyrrole nitrogens is 1. The molecule has 4 rings (SSSR count). The van der Waals surface area contributed by atoms with Gasteiger partial charge in [0.25, 0.3) is 0 Å². The number of para-hydroxylation sites is 1. The summed E-state index contributed by atoms with van der Waals surface area (Å²) in [7, 11) is 0. The number of aromatic amines is 1. The summed E-state index contributed by atoms with van der Waals surface area (Å²) in [5.74, 6) is 0.722. The zero-order chi connectivity index (χ0) is 20.8. The predicted octanol–water partition coefficient (Wildman–Crippen LogP) is 4.95. The van der Waals surface area contributed by atoms with Crippen LogP contribution in [0.3, 0.4) is 0 Å². The van der Waals surface area contributed by atoms with Crippen LogP contribution in [0.4, 0.5) is 0 Å². The van der Waals surface area contributed by atoms with Gasteiger partial charge in [-0.15, -0.1) is 0 Å². The lowest BCUT2D eigenvalue weighted by atomic mass is 10.1. The van der Waals surface area contributed by atoms with Crippen molar-refractivity contribution in [2.45, 2.75) is 32.4 Å². The summed E-state index contributed by atoms with van der Waals surface area (Å²) in [6.07, 6.45) is 4.82. The van der Waals surface area contributed by atoms with Crippen molar-refractivity contribution in [2.75, 3.05) is 0 Å². The van der Waals surface area contributed by atoms with Crippen molar-refractivity contribution in [1.82, 2.24) is 15.3 Å². The Morgan fingerprint density at radius 3 is 2.67 bits per heavy atom. The molecule has 0 bridgehead atoms. The number of pyridine rings is 1. The molecular weight excluding hydrogens is 374 g/mol. The number of carbonyl (C=O) groups is 1. The number of carbonyl (C=O) groups excluding carboxylic acids is 1. The Bertz CT molecular complexity index is 1100. The van der Waals surface area contributed by atoms with Gasteiger partial charge in [0, 0.05) is 23.5 Å². The number of fused-ring (bicyclic) bond motifs is 1. The van der Waals surface area contributed by atoms with E-state index in [-0.39, 0.29) is 11.9 Å². The summed E-state index contributed by atoms with van der Waals surface area (Å²) in [6, 6.07) is 21.8. The molecule has 1 amide bonds. The molecule has 2 aromatic heterocycles. The quantitative estimate of drug-likeness (QED) is 0.440. The highest BCUT2D eigenvalue weighted by Gasteiger charge is 2.12. The Morgan fingerprint density at radius 2 is 1.87 bits per heavy atom. The lowest BCUT2D eigenvalue weighted by Gasteiger charge is -2.14. The van der Waals surface area contributed by atoms with Crippen molar-refractivity contribution in [1.29, 1.82) is 0 Å². The molecule has 0 radical (unpaired) electrons. The van der Waals surface area contributed by atoms with Crippen LogP contribution in [-0.4, -0.2) is 15.9 Å². The normalized spacial score (nSPS) is 11.9. The van der Waals surface area contributed by atoms with E-state index in [0.29, 0.717) is 25.2 Å². The number of amides is 1. The Balaban J connectivity index is 1.27. The fourth-order valence-electron chi connectivity index (χ4n) is 3.45. The fraction of sp³-hybridized carbons (Fsp3) is 0.200. The highest BCUT2D eigenvalue weighted by molar-refractivity contribution is 5.84. The number of hydrogen-bond donors (Lipinski definition) is 2. The van der Waals surface area contributed by atoms with Crippen molar-refractivity contribution in [3.63, 3.8) is 0 Å². The molecule has 0 aliphatic heterocycles. The molecule has 4 aromatic rings. The van der Waals surface area contributed by atoms with E-state index in [2.05, 4.69) is 21.4 Å². The summed E-state index contributed by atoms with van der Waals surface area (Å²) in [6.45, 7) is 2.44. The lowest BCUT2D eigenvalue weighted by molar-refractivity contribution is -0.121. The average Bonchev–Trinajstić information content (AvgIpc) is 3.20. The van der Waals surface area contributed by atoms with Crippen LogP contribution in [0.1, 0.15) is 36.2 Å². The van der Waals surface area contributed by atoms with E-state index in [1.54, 1.807) is 6.20 Å². The van der Waals surface area contributed by atoms with Gasteiger partial charge in [-0.2, -0.15) is 0 Å². The van der Waals surface area contributed by atoms with E-state index in [9.17, 15) is 4.79 Å². The van der Waals surface area contributed by atoms with Crippen LogP contribution >= 0.6 is 0 Å². The van der Waals surface area contributed by atoms with Gasteiger partial charge in [0.1, 0.15) is 12.4 Å². The van der Waals surface area contributed by atoms with E-state index in [1.807, 2.05) is 73.8 Å². The van der Waals surface area contributed by atoms with Crippen molar-refractivity contribution < 1.29 is 9.53 Å². The summed E-state index contributed by atoms with van der Waals surface area (Å²) in [5, 5.41) is 4.20. The molecule has 30 heavy (non-hydrogen) atoms. The highest BCUT2D eigenvalue weighted by atomic mass is 16.5. The number of nitrogens with one attached hydrogen (secondary N) is 2. The van der Waals surface area contributed by atoms with Gasteiger partial charge in [-0.25, -0.2) is 0 Å². The number of nitrogens with zero attached hydrogens (tertiary/aromatic N) is 1. The third-order valence-corrected chi connectivity index (χ3v) is 5.13. The zero-order valence-electron chi connectivity index (χ0n) is 17.0. The second kappa shape index (κ2) is 9.27. The zero-order valence-corrected chi connectivity index (χ0v) is 17.0. The molecule has 2 N–H and O–H groups in total. The van der Waals surface area contributed by atoms with Gasteiger partial charge >= 0.3 is 0 Å². The Kier molecular flexibility index (Phi) is 6.09. The monoisotopic (exact) mass is 399 g/mol. The van der Waals surface area contributed by atoms with Crippen LogP contribution in [0.15, 0.2) is 79.1 Å². The first-order valence-corrected chi connectivity index (χ1v) is 10.2. The summed E-state index contributed by atoms with van der Waals surface area (Å²) in [5.41, 5.74) is 4.17. The first-order chi connectivity index (χ1) is 14.7. The van der Waals surface area contributed by atoms with Crippen LogP contribution in [0.25, 0.3) is 10.9 Å². The SMILES string of the molecule is C[C@@H](NC(=O)CCc1c[nH]c2ccccc12)c1ccc(OCc2ccccc2)cn1. The molecule has 0 aliphatic carbocycles. The van der Waals surface area contributed by atoms with Crippen LogP contribution in [0.5, 0.6) is 5.75 Å². The Morgan fingerprint density at radius 1 is 1.07 bits per heavy atom. The first-order valence-electron chi connectivity index (χ1n) is 10.2. The minimum absolute atomic E-state index is 0.0129. The number of benzene rings is 2. The Hall–Kier alpha value is -3.60. The maximum absolute atomic E-state index is 12.4. The topological polar surface area (TPSA) is 67.0 Å². The maximum atomic E-state index is 12.4. The number of rotatable bonds is 8. The van der Waals surface area contributed by atoms with Gasteiger partial charge in [0.15, 0.2) is 0 Å². The van der Waals surface area contributed by atoms with Crippen molar-refractivity contribution in [3.8, 4) is 5.75 Å². The van der Waals surface area contributed by atoms with Crippen molar-refractivity contribution in [3.05, 3.63) is 95.9 Å². The average molecular weight is 399 g/mol. The third-order valence-electron chi connectivity index (χ3n) is 5.13. The van der Waals surface area contributed by atoms with Gasteiger partial charge in [-0.1, -0.05) is 48.5 Å². The largest absolute Gasteiger partial charge is 0.487 e. The number of aryl methyl sites for hydroxylation is 1. The number of hydrogen-bond acceptors (Lipinski definition) is 3. The van der Waals surface area contributed by atoms with Crippen LogP contribution in [0.2, 0.25) is 0 Å².